The number of allylic oxidation sites excluding steroid dienone is 1. The van der Waals surface area contributed by atoms with Crippen LogP contribution in [0.2, 0.25) is 0 Å². The molecule has 0 fully saturated rings. The van der Waals surface area contributed by atoms with E-state index in [1.54, 1.807) is 7.11 Å². The van der Waals surface area contributed by atoms with Gasteiger partial charge in [-0.05, 0) is 107 Å². The Hall–Kier alpha value is -2.95. The second-order valence-electron chi connectivity index (χ2n) is 8.08. The van der Waals surface area contributed by atoms with E-state index in [9.17, 15) is 0 Å². The second-order valence-corrected chi connectivity index (χ2v) is 8.08. The standard InChI is InChI=1S/C27H37NO4/c1-8-9-16-30-26-17-19(2)27(20(3)18-26)32-22(5)11-10-21(4)31-25-14-12-24(13-15-25)23(6)28-29-7/h8-9,12-15,17-18,21-22H,10-11,16H2,1-7H3/b9-8+,28-23?. The Kier molecular flexibility index (Phi) is 10.1. The fourth-order valence-corrected chi connectivity index (χ4v) is 3.41. The van der Waals surface area contributed by atoms with Crippen LogP contribution < -0.4 is 14.2 Å². The van der Waals surface area contributed by atoms with E-state index in [1.165, 1.54) is 0 Å². The normalized spacial score (nSPS) is 13.7. The Labute approximate surface area is 193 Å². The zero-order valence-corrected chi connectivity index (χ0v) is 20.5. The van der Waals surface area contributed by atoms with Gasteiger partial charge in [-0.2, -0.15) is 0 Å². The first-order valence-corrected chi connectivity index (χ1v) is 11.2. The number of benzene rings is 2. The van der Waals surface area contributed by atoms with Gasteiger partial charge in [0.05, 0.1) is 17.9 Å². The summed E-state index contributed by atoms with van der Waals surface area (Å²) in [5.41, 5.74) is 4.02. The highest BCUT2D eigenvalue weighted by molar-refractivity contribution is 5.98. The average Bonchev–Trinajstić information content (AvgIpc) is 2.76. The summed E-state index contributed by atoms with van der Waals surface area (Å²) >= 11 is 0. The summed E-state index contributed by atoms with van der Waals surface area (Å²) < 4.78 is 18.1. The predicted molar refractivity (Wildman–Crippen MR) is 131 cm³/mol. The topological polar surface area (TPSA) is 49.3 Å². The smallest absolute Gasteiger partial charge is 0.125 e. The number of ether oxygens (including phenoxy) is 3. The van der Waals surface area contributed by atoms with Gasteiger partial charge in [0.25, 0.3) is 0 Å². The molecule has 0 spiro atoms. The van der Waals surface area contributed by atoms with Gasteiger partial charge in [-0.15, -0.1) is 0 Å². The summed E-state index contributed by atoms with van der Waals surface area (Å²) in [6, 6.07) is 12.0. The highest BCUT2D eigenvalue weighted by atomic mass is 16.6. The lowest BCUT2D eigenvalue weighted by molar-refractivity contribution is 0.159. The number of hydrogen-bond acceptors (Lipinski definition) is 5. The quantitative estimate of drug-likeness (QED) is 0.211. The van der Waals surface area contributed by atoms with Gasteiger partial charge >= 0.3 is 0 Å². The van der Waals surface area contributed by atoms with Crippen LogP contribution in [0.25, 0.3) is 0 Å². The third-order valence-electron chi connectivity index (χ3n) is 5.15. The van der Waals surface area contributed by atoms with Crippen molar-refractivity contribution in [2.24, 2.45) is 5.16 Å². The molecule has 5 nitrogen and oxygen atoms in total. The van der Waals surface area contributed by atoms with Crippen LogP contribution >= 0.6 is 0 Å². The minimum atomic E-state index is 0.0866. The maximum Gasteiger partial charge on any atom is 0.125 e. The van der Waals surface area contributed by atoms with Crippen molar-refractivity contribution in [3.8, 4) is 17.2 Å². The van der Waals surface area contributed by atoms with Crippen molar-refractivity contribution in [1.82, 2.24) is 0 Å². The first-order valence-electron chi connectivity index (χ1n) is 11.2. The van der Waals surface area contributed by atoms with Gasteiger partial charge in [-0.25, -0.2) is 0 Å². The Morgan fingerprint density at radius 1 is 0.938 bits per heavy atom. The molecule has 0 heterocycles. The molecular formula is C27H37NO4. The van der Waals surface area contributed by atoms with Crippen LogP contribution in [0.1, 0.15) is 57.2 Å². The SMILES string of the molecule is C/C=C/COc1cc(C)c(OC(C)CCC(C)Oc2ccc(C(C)=NOC)cc2)c(C)c1. The van der Waals surface area contributed by atoms with E-state index in [0.29, 0.717) is 6.61 Å². The third kappa shape index (κ3) is 7.95. The molecule has 0 N–H and O–H groups in total. The Bertz CT molecular complexity index is 879. The molecule has 32 heavy (non-hydrogen) atoms. The number of nitrogens with zero attached hydrogens (tertiary/aromatic N) is 1. The molecule has 2 unspecified atom stereocenters. The van der Waals surface area contributed by atoms with E-state index < -0.39 is 0 Å². The molecule has 0 aromatic heterocycles. The van der Waals surface area contributed by atoms with E-state index in [4.69, 9.17) is 19.0 Å². The van der Waals surface area contributed by atoms with Crippen molar-refractivity contribution in [3.05, 3.63) is 65.2 Å². The van der Waals surface area contributed by atoms with E-state index in [2.05, 4.69) is 32.9 Å². The number of oxime groups is 1. The largest absolute Gasteiger partial charge is 0.491 e. The summed E-state index contributed by atoms with van der Waals surface area (Å²) in [6.07, 6.45) is 5.95. The highest BCUT2D eigenvalue weighted by Gasteiger charge is 2.13. The first kappa shape index (κ1) is 25.3. The number of rotatable bonds is 12. The zero-order valence-electron chi connectivity index (χ0n) is 20.5. The van der Waals surface area contributed by atoms with Crippen LogP contribution in [0.5, 0.6) is 17.2 Å². The Morgan fingerprint density at radius 3 is 2.09 bits per heavy atom. The molecule has 0 aliphatic rings. The second kappa shape index (κ2) is 12.8. The van der Waals surface area contributed by atoms with Crippen LogP contribution in [0, 0.1) is 13.8 Å². The molecule has 2 atom stereocenters. The van der Waals surface area contributed by atoms with Crippen molar-refractivity contribution in [2.75, 3.05) is 13.7 Å². The summed E-state index contributed by atoms with van der Waals surface area (Å²) in [5, 5.41) is 3.95. The van der Waals surface area contributed by atoms with E-state index in [-0.39, 0.29) is 12.2 Å². The fraction of sp³-hybridized carbons (Fsp3) is 0.444. The molecule has 174 valence electrons. The molecule has 0 amide bonds. The molecule has 0 saturated heterocycles. The lowest BCUT2D eigenvalue weighted by Crippen LogP contribution is -2.19. The molecular weight excluding hydrogens is 402 g/mol. The van der Waals surface area contributed by atoms with Gasteiger partial charge in [-0.1, -0.05) is 17.3 Å². The van der Waals surface area contributed by atoms with Crippen LogP contribution in [0.4, 0.5) is 0 Å². The van der Waals surface area contributed by atoms with Crippen molar-refractivity contribution >= 4 is 5.71 Å². The minimum Gasteiger partial charge on any atom is -0.491 e. The molecule has 2 rings (SSSR count). The molecule has 0 aliphatic carbocycles. The first-order chi connectivity index (χ1) is 15.3. The summed E-state index contributed by atoms with van der Waals surface area (Å²) in [5.74, 6) is 2.66. The average molecular weight is 440 g/mol. The zero-order chi connectivity index (χ0) is 23.5. The van der Waals surface area contributed by atoms with Gasteiger partial charge in [0.15, 0.2) is 0 Å². The lowest BCUT2D eigenvalue weighted by Gasteiger charge is -2.21. The van der Waals surface area contributed by atoms with Gasteiger partial charge < -0.3 is 19.0 Å². The summed E-state index contributed by atoms with van der Waals surface area (Å²) in [6.45, 7) is 12.8. The summed E-state index contributed by atoms with van der Waals surface area (Å²) in [7, 11) is 1.55. The number of aryl methyl sites for hydroxylation is 2. The van der Waals surface area contributed by atoms with E-state index in [0.717, 1.165) is 52.5 Å². The molecule has 5 heteroatoms. The molecule has 0 radical (unpaired) electrons. The fourth-order valence-electron chi connectivity index (χ4n) is 3.41. The third-order valence-corrected chi connectivity index (χ3v) is 5.15. The van der Waals surface area contributed by atoms with Crippen LogP contribution in [-0.4, -0.2) is 31.6 Å². The minimum absolute atomic E-state index is 0.0866. The molecule has 2 aromatic carbocycles. The van der Waals surface area contributed by atoms with Gasteiger partial charge in [0.2, 0.25) is 0 Å². The molecule has 2 aromatic rings. The van der Waals surface area contributed by atoms with Crippen molar-refractivity contribution in [1.29, 1.82) is 0 Å². The van der Waals surface area contributed by atoms with Crippen molar-refractivity contribution in [2.45, 2.75) is 66.6 Å². The molecule has 0 saturated carbocycles. The maximum absolute atomic E-state index is 6.27. The summed E-state index contributed by atoms with van der Waals surface area (Å²) in [4.78, 5) is 4.83. The highest BCUT2D eigenvalue weighted by Crippen LogP contribution is 2.30. The van der Waals surface area contributed by atoms with Crippen LogP contribution in [0.3, 0.4) is 0 Å². The van der Waals surface area contributed by atoms with Crippen molar-refractivity contribution < 1.29 is 19.0 Å². The Morgan fingerprint density at radius 2 is 1.53 bits per heavy atom. The molecule has 0 aliphatic heterocycles. The van der Waals surface area contributed by atoms with Gasteiger partial charge in [0, 0.05) is 0 Å². The maximum atomic E-state index is 6.27. The van der Waals surface area contributed by atoms with E-state index in [1.807, 2.05) is 62.4 Å². The lowest BCUT2D eigenvalue weighted by atomic mass is 10.1. The molecule has 0 bridgehead atoms. The van der Waals surface area contributed by atoms with Gasteiger partial charge in [-0.3, -0.25) is 0 Å². The van der Waals surface area contributed by atoms with E-state index >= 15 is 0 Å². The van der Waals surface area contributed by atoms with Crippen molar-refractivity contribution in [3.63, 3.8) is 0 Å². The van der Waals surface area contributed by atoms with Gasteiger partial charge in [0.1, 0.15) is 31.0 Å². The van der Waals surface area contributed by atoms with Crippen LogP contribution in [0.15, 0.2) is 53.7 Å². The van der Waals surface area contributed by atoms with Crippen LogP contribution in [-0.2, 0) is 4.84 Å². The monoisotopic (exact) mass is 439 g/mol. The number of hydrogen-bond donors (Lipinski definition) is 0. The predicted octanol–water partition coefficient (Wildman–Crippen LogP) is 6.64. The Balaban J connectivity index is 1.86.